The van der Waals surface area contributed by atoms with Gasteiger partial charge in [0.25, 0.3) is 0 Å². The lowest BCUT2D eigenvalue weighted by Crippen LogP contribution is -2.43. The average Bonchev–Trinajstić information content (AvgIpc) is 2.57. The first-order valence-electron chi connectivity index (χ1n) is 8.10. The van der Waals surface area contributed by atoms with Crippen molar-refractivity contribution in [2.75, 3.05) is 13.7 Å². The number of hydrogen-bond donors (Lipinski definition) is 2. The Kier molecular flexibility index (Phi) is 6.18. The predicted octanol–water partition coefficient (Wildman–Crippen LogP) is 2.88. The molecule has 5 nitrogen and oxygen atoms in total. The van der Waals surface area contributed by atoms with Crippen LogP contribution in [0.5, 0.6) is 0 Å². The zero-order valence-electron chi connectivity index (χ0n) is 14.3. The van der Waals surface area contributed by atoms with Crippen LogP contribution in [-0.2, 0) is 16.0 Å². The molecule has 0 bridgehead atoms. The van der Waals surface area contributed by atoms with Crippen LogP contribution in [0, 0.1) is 5.92 Å². The van der Waals surface area contributed by atoms with Crippen LogP contribution in [-0.4, -0.2) is 31.7 Å². The Labute approximate surface area is 142 Å². The van der Waals surface area contributed by atoms with Crippen LogP contribution in [0.25, 0.3) is 10.8 Å². The van der Waals surface area contributed by atoms with Gasteiger partial charge in [-0.15, -0.1) is 0 Å². The third-order valence-corrected chi connectivity index (χ3v) is 3.81. The number of fused-ring (bicyclic) bond motifs is 1. The molecule has 0 saturated carbocycles. The van der Waals surface area contributed by atoms with Crippen LogP contribution in [0.15, 0.2) is 42.5 Å². The predicted molar refractivity (Wildman–Crippen MR) is 94.8 cm³/mol. The molecule has 0 saturated heterocycles. The van der Waals surface area contributed by atoms with E-state index in [1.165, 1.54) is 7.11 Å². The molecule has 0 spiro atoms. The minimum absolute atomic E-state index is 0.0413. The zero-order valence-corrected chi connectivity index (χ0v) is 14.3. The molecule has 2 amide bonds. The highest BCUT2D eigenvalue weighted by Gasteiger charge is 2.21. The molecule has 2 aromatic rings. The Morgan fingerprint density at radius 3 is 2.50 bits per heavy atom. The van der Waals surface area contributed by atoms with Crippen molar-refractivity contribution in [3.05, 3.63) is 48.0 Å². The summed E-state index contributed by atoms with van der Waals surface area (Å²) in [7, 11) is 1.37. The monoisotopic (exact) mass is 328 g/mol. The summed E-state index contributed by atoms with van der Waals surface area (Å²) in [6.07, 6.45) is 0.510. The van der Waals surface area contributed by atoms with Gasteiger partial charge in [0.05, 0.1) is 13.0 Å². The molecule has 1 atom stereocenters. The molecule has 0 heterocycles. The molecule has 2 N–H and O–H groups in total. The van der Waals surface area contributed by atoms with E-state index >= 15 is 0 Å². The van der Waals surface area contributed by atoms with Gasteiger partial charge in [-0.2, -0.15) is 0 Å². The second kappa shape index (κ2) is 8.34. The molecule has 2 aromatic carbocycles. The van der Waals surface area contributed by atoms with Gasteiger partial charge in [-0.3, -0.25) is 4.79 Å². The number of esters is 1. The van der Waals surface area contributed by atoms with Crippen molar-refractivity contribution in [3.63, 3.8) is 0 Å². The standard InChI is InChI=1S/C19H24N2O3/c1-13(2)21-19(23)20-12-16(18(22)24-3)11-15-9-6-8-14-7-4-5-10-17(14)15/h4-10,13,16H,11-12H2,1-3H3,(H2,20,21,23). The first-order valence-corrected chi connectivity index (χ1v) is 8.10. The molecule has 24 heavy (non-hydrogen) atoms. The number of hydrogen-bond acceptors (Lipinski definition) is 3. The van der Waals surface area contributed by atoms with E-state index in [9.17, 15) is 9.59 Å². The maximum atomic E-state index is 12.1. The van der Waals surface area contributed by atoms with Crippen LogP contribution in [0.1, 0.15) is 19.4 Å². The summed E-state index contributed by atoms with van der Waals surface area (Å²) in [6, 6.07) is 13.8. The summed E-state index contributed by atoms with van der Waals surface area (Å²) in [6.45, 7) is 4.00. The Balaban J connectivity index is 2.13. The third-order valence-electron chi connectivity index (χ3n) is 3.81. The smallest absolute Gasteiger partial charge is 0.315 e. The van der Waals surface area contributed by atoms with Gasteiger partial charge in [0.2, 0.25) is 0 Å². The fourth-order valence-electron chi connectivity index (χ4n) is 2.67. The minimum atomic E-state index is -0.432. The van der Waals surface area contributed by atoms with Crippen LogP contribution in [0.4, 0.5) is 4.79 Å². The summed E-state index contributed by atoms with van der Waals surface area (Å²) in [5, 5.41) is 7.73. The summed E-state index contributed by atoms with van der Waals surface area (Å²) < 4.78 is 4.90. The maximum absolute atomic E-state index is 12.1. The number of nitrogens with one attached hydrogen (secondary N) is 2. The second-order valence-corrected chi connectivity index (χ2v) is 6.07. The Morgan fingerprint density at radius 2 is 1.79 bits per heavy atom. The normalized spacial score (nSPS) is 12.0. The number of rotatable bonds is 6. The van der Waals surface area contributed by atoms with Crippen molar-refractivity contribution in [3.8, 4) is 0 Å². The van der Waals surface area contributed by atoms with Crippen molar-refractivity contribution in [1.29, 1.82) is 0 Å². The molecule has 0 aliphatic carbocycles. The Morgan fingerprint density at radius 1 is 1.08 bits per heavy atom. The summed E-state index contributed by atoms with van der Waals surface area (Å²) in [5.41, 5.74) is 1.06. The first kappa shape index (κ1) is 17.8. The Hall–Kier alpha value is -2.56. The highest BCUT2D eigenvalue weighted by molar-refractivity contribution is 5.86. The first-order chi connectivity index (χ1) is 11.5. The molecule has 0 radical (unpaired) electrons. The molecule has 1 unspecified atom stereocenters. The molecule has 0 fully saturated rings. The van der Waals surface area contributed by atoms with Gasteiger partial charge in [-0.05, 0) is 36.6 Å². The van der Waals surface area contributed by atoms with E-state index in [0.29, 0.717) is 6.42 Å². The van der Waals surface area contributed by atoms with E-state index < -0.39 is 5.92 Å². The minimum Gasteiger partial charge on any atom is -0.469 e. The highest BCUT2D eigenvalue weighted by atomic mass is 16.5. The van der Waals surface area contributed by atoms with Crippen molar-refractivity contribution in [2.45, 2.75) is 26.3 Å². The number of carbonyl (C=O) groups is 2. The van der Waals surface area contributed by atoms with Gasteiger partial charge in [-0.25, -0.2) is 4.79 Å². The molecule has 0 aliphatic rings. The van der Waals surface area contributed by atoms with Gasteiger partial charge in [0.1, 0.15) is 0 Å². The number of amides is 2. The number of carbonyl (C=O) groups excluding carboxylic acids is 2. The molecular weight excluding hydrogens is 304 g/mol. The van der Waals surface area contributed by atoms with E-state index in [1.54, 1.807) is 0 Å². The van der Waals surface area contributed by atoms with Crippen LogP contribution in [0.2, 0.25) is 0 Å². The van der Waals surface area contributed by atoms with Crippen LogP contribution >= 0.6 is 0 Å². The molecule has 2 rings (SSSR count). The fourth-order valence-corrected chi connectivity index (χ4v) is 2.67. The molecular formula is C19H24N2O3. The molecule has 5 heteroatoms. The topological polar surface area (TPSA) is 67.4 Å². The van der Waals surface area contributed by atoms with E-state index in [2.05, 4.69) is 10.6 Å². The number of ether oxygens (including phenoxy) is 1. The second-order valence-electron chi connectivity index (χ2n) is 6.07. The van der Waals surface area contributed by atoms with Crippen molar-refractivity contribution >= 4 is 22.8 Å². The summed E-state index contributed by atoms with van der Waals surface area (Å²) in [5.74, 6) is -0.758. The third kappa shape index (κ3) is 4.72. The van der Waals surface area contributed by atoms with E-state index in [1.807, 2.05) is 56.3 Å². The number of urea groups is 1. The quantitative estimate of drug-likeness (QED) is 0.801. The van der Waals surface area contributed by atoms with Gasteiger partial charge in [0.15, 0.2) is 0 Å². The van der Waals surface area contributed by atoms with E-state index in [4.69, 9.17) is 4.74 Å². The molecule has 0 aromatic heterocycles. The van der Waals surface area contributed by atoms with Gasteiger partial charge in [-0.1, -0.05) is 42.5 Å². The van der Waals surface area contributed by atoms with E-state index in [0.717, 1.165) is 16.3 Å². The molecule has 128 valence electrons. The lowest BCUT2D eigenvalue weighted by molar-refractivity contribution is -0.145. The van der Waals surface area contributed by atoms with E-state index in [-0.39, 0.29) is 24.6 Å². The van der Waals surface area contributed by atoms with Gasteiger partial charge >= 0.3 is 12.0 Å². The highest BCUT2D eigenvalue weighted by Crippen LogP contribution is 2.21. The Bertz CT molecular complexity index is 707. The lowest BCUT2D eigenvalue weighted by Gasteiger charge is -2.17. The largest absolute Gasteiger partial charge is 0.469 e. The maximum Gasteiger partial charge on any atom is 0.315 e. The lowest BCUT2D eigenvalue weighted by atomic mass is 9.95. The summed E-state index contributed by atoms with van der Waals surface area (Å²) >= 11 is 0. The van der Waals surface area contributed by atoms with Crippen LogP contribution in [0.3, 0.4) is 0 Å². The zero-order chi connectivity index (χ0) is 17.5. The number of benzene rings is 2. The van der Waals surface area contributed by atoms with Crippen LogP contribution < -0.4 is 10.6 Å². The van der Waals surface area contributed by atoms with Crippen molar-refractivity contribution in [1.82, 2.24) is 10.6 Å². The SMILES string of the molecule is COC(=O)C(CNC(=O)NC(C)C)Cc1cccc2ccccc12. The summed E-state index contributed by atoms with van der Waals surface area (Å²) in [4.78, 5) is 23.9. The van der Waals surface area contributed by atoms with Gasteiger partial charge < -0.3 is 15.4 Å². The van der Waals surface area contributed by atoms with Crippen molar-refractivity contribution < 1.29 is 14.3 Å². The van der Waals surface area contributed by atoms with Crippen molar-refractivity contribution in [2.24, 2.45) is 5.92 Å². The number of methoxy groups -OCH3 is 1. The fraction of sp³-hybridized carbons (Fsp3) is 0.368. The molecule has 0 aliphatic heterocycles. The van der Waals surface area contributed by atoms with Gasteiger partial charge in [0, 0.05) is 12.6 Å². The average molecular weight is 328 g/mol.